The van der Waals surface area contributed by atoms with Crippen molar-refractivity contribution in [2.24, 2.45) is 0 Å². The lowest BCUT2D eigenvalue weighted by atomic mass is 10.4. The van der Waals surface area contributed by atoms with Crippen molar-refractivity contribution in [1.82, 2.24) is 15.0 Å². The Morgan fingerprint density at radius 1 is 1.35 bits per heavy atom. The van der Waals surface area contributed by atoms with Gasteiger partial charge in [-0.05, 0) is 13.8 Å². The highest BCUT2D eigenvalue weighted by Crippen LogP contribution is 2.28. The van der Waals surface area contributed by atoms with Gasteiger partial charge in [-0.15, -0.1) is 0 Å². The van der Waals surface area contributed by atoms with E-state index < -0.39 is 17.4 Å². The number of thioether (sulfide) groups is 1. The molecule has 2 aromatic heterocycles. The van der Waals surface area contributed by atoms with Crippen LogP contribution in [0.1, 0.15) is 23.0 Å². The van der Waals surface area contributed by atoms with E-state index in [9.17, 15) is 18.0 Å². The van der Waals surface area contributed by atoms with Crippen LogP contribution in [0.25, 0.3) is 0 Å². The average Bonchev–Trinajstić information content (AvgIpc) is 2.65. The lowest BCUT2D eigenvalue weighted by Crippen LogP contribution is -2.16. The molecule has 0 saturated carbocycles. The molecule has 0 saturated heterocycles. The molecule has 108 valence electrons. The zero-order chi connectivity index (χ0) is 14.9. The Labute approximate surface area is 115 Å². The zero-order valence-electron chi connectivity index (χ0n) is 10.5. The number of aryl methyl sites for hydroxylation is 2. The summed E-state index contributed by atoms with van der Waals surface area (Å²) in [5, 5.41) is -0.127. The van der Waals surface area contributed by atoms with Gasteiger partial charge >= 0.3 is 6.18 Å². The summed E-state index contributed by atoms with van der Waals surface area (Å²) >= 11 is 0.917. The molecule has 0 aromatic carbocycles. The molecule has 2 aromatic rings. The van der Waals surface area contributed by atoms with Gasteiger partial charge in [0.15, 0.2) is 10.9 Å². The first-order chi connectivity index (χ1) is 9.25. The molecule has 0 amide bonds. The van der Waals surface area contributed by atoms with Crippen LogP contribution < -0.4 is 5.56 Å². The van der Waals surface area contributed by atoms with Crippen molar-refractivity contribution in [3.05, 3.63) is 39.5 Å². The van der Waals surface area contributed by atoms with E-state index in [2.05, 4.69) is 15.0 Å². The largest absolute Gasteiger partial charge is 0.445 e. The number of hydrogen-bond acceptors (Lipinski definition) is 5. The van der Waals surface area contributed by atoms with Crippen LogP contribution in [-0.2, 0) is 11.9 Å². The maximum Gasteiger partial charge on any atom is 0.433 e. The number of hydrogen-bond donors (Lipinski definition) is 1. The van der Waals surface area contributed by atoms with E-state index in [-0.39, 0.29) is 10.9 Å². The van der Waals surface area contributed by atoms with Gasteiger partial charge in [0.2, 0.25) is 5.89 Å². The highest BCUT2D eigenvalue weighted by atomic mass is 32.2. The van der Waals surface area contributed by atoms with Crippen LogP contribution in [0, 0.1) is 13.8 Å². The summed E-state index contributed by atoms with van der Waals surface area (Å²) in [6.07, 6.45) is -4.65. The molecule has 0 aliphatic rings. The van der Waals surface area contributed by atoms with E-state index in [1.807, 2.05) is 0 Å². The molecule has 0 aliphatic heterocycles. The minimum atomic E-state index is -4.65. The van der Waals surface area contributed by atoms with Crippen LogP contribution in [0.2, 0.25) is 0 Å². The third kappa shape index (κ3) is 3.41. The normalized spacial score (nSPS) is 11.8. The van der Waals surface area contributed by atoms with Gasteiger partial charge in [-0.3, -0.25) is 4.79 Å². The van der Waals surface area contributed by atoms with Crippen molar-refractivity contribution in [3.8, 4) is 0 Å². The topological polar surface area (TPSA) is 71.8 Å². The maximum atomic E-state index is 12.5. The number of halogens is 3. The fraction of sp³-hybridized carbons (Fsp3) is 0.364. The average molecular weight is 305 g/mol. The second kappa shape index (κ2) is 5.31. The predicted molar refractivity (Wildman–Crippen MR) is 65.4 cm³/mol. The van der Waals surface area contributed by atoms with Gasteiger partial charge in [-0.1, -0.05) is 11.8 Å². The van der Waals surface area contributed by atoms with Crippen molar-refractivity contribution in [1.29, 1.82) is 0 Å². The molecule has 5 nitrogen and oxygen atoms in total. The first-order valence-electron chi connectivity index (χ1n) is 5.50. The quantitative estimate of drug-likeness (QED) is 0.697. The van der Waals surface area contributed by atoms with Crippen LogP contribution in [0.3, 0.4) is 0 Å². The van der Waals surface area contributed by atoms with Gasteiger partial charge in [0.1, 0.15) is 5.76 Å². The fourth-order valence-electron chi connectivity index (χ4n) is 1.38. The molecular weight excluding hydrogens is 295 g/mol. The third-order valence-corrected chi connectivity index (χ3v) is 3.27. The number of rotatable bonds is 3. The van der Waals surface area contributed by atoms with Gasteiger partial charge in [0.05, 0.1) is 11.4 Å². The van der Waals surface area contributed by atoms with Crippen molar-refractivity contribution in [2.45, 2.75) is 30.9 Å². The predicted octanol–water partition coefficient (Wildman–Crippen LogP) is 2.69. The first-order valence-corrected chi connectivity index (χ1v) is 6.48. The van der Waals surface area contributed by atoms with Crippen LogP contribution in [0.5, 0.6) is 0 Å². The van der Waals surface area contributed by atoms with Crippen molar-refractivity contribution in [2.75, 3.05) is 0 Å². The highest BCUT2D eigenvalue weighted by molar-refractivity contribution is 7.98. The van der Waals surface area contributed by atoms with E-state index in [1.54, 1.807) is 13.8 Å². The molecule has 0 atom stereocenters. The Morgan fingerprint density at radius 2 is 2.05 bits per heavy atom. The van der Waals surface area contributed by atoms with Crippen LogP contribution in [0.4, 0.5) is 13.2 Å². The lowest BCUT2D eigenvalue weighted by Gasteiger charge is -2.06. The number of nitrogens with one attached hydrogen (secondary N) is 1. The van der Waals surface area contributed by atoms with Crippen molar-refractivity contribution < 1.29 is 17.6 Å². The molecule has 9 heteroatoms. The van der Waals surface area contributed by atoms with Gasteiger partial charge in [-0.2, -0.15) is 13.2 Å². The molecule has 1 N–H and O–H groups in total. The minimum absolute atomic E-state index is 0.127. The molecule has 0 radical (unpaired) electrons. The minimum Gasteiger partial charge on any atom is -0.445 e. The fourth-order valence-corrected chi connectivity index (χ4v) is 2.10. The number of alkyl halides is 3. The van der Waals surface area contributed by atoms with Gasteiger partial charge < -0.3 is 9.40 Å². The summed E-state index contributed by atoms with van der Waals surface area (Å²) in [6.45, 7) is 3.50. The summed E-state index contributed by atoms with van der Waals surface area (Å²) in [4.78, 5) is 20.9. The van der Waals surface area contributed by atoms with E-state index in [1.165, 1.54) is 0 Å². The SMILES string of the molecule is Cc1nc(CSc2nc(C(F)(F)F)cc(=O)[nH]2)oc1C. The van der Waals surface area contributed by atoms with Crippen molar-refractivity contribution in [3.63, 3.8) is 0 Å². The van der Waals surface area contributed by atoms with Crippen LogP contribution in [0.15, 0.2) is 20.4 Å². The highest BCUT2D eigenvalue weighted by Gasteiger charge is 2.33. The van der Waals surface area contributed by atoms with Crippen LogP contribution in [-0.4, -0.2) is 15.0 Å². The van der Waals surface area contributed by atoms with E-state index in [0.29, 0.717) is 23.4 Å². The monoisotopic (exact) mass is 305 g/mol. The summed E-state index contributed by atoms with van der Waals surface area (Å²) in [7, 11) is 0. The van der Waals surface area contributed by atoms with Gasteiger partial charge in [0.25, 0.3) is 5.56 Å². The summed E-state index contributed by atoms with van der Waals surface area (Å²) in [6, 6.07) is 0.420. The molecule has 0 aliphatic carbocycles. The molecule has 0 bridgehead atoms. The third-order valence-electron chi connectivity index (χ3n) is 2.42. The van der Waals surface area contributed by atoms with E-state index >= 15 is 0 Å². The Kier molecular flexibility index (Phi) is 3.89. The molecule has 20 heavy (non-hydrogen) atoms. The second-order valence-corrected chi connectivity index (χ2v) is 4.94. The van der Waals surface area contributed by atoms with Gasteiger partial charge in [-0.25, -0.2) is 9.97 Å². The number of aromatic nitrogens is 3. The number of nitrogens with zero attached hydrogens (tertiary/aromatic N) is 2. The Balaban J connectivity index is 2.17. The first kappa shape index (κ1) is 14.6. The molecule has 2 rings (SSSR count). The second-order valence-electron chi connectivity index (χ2n) is 3.97. The number of oxazole rings is 1. The van der Waals surface area contributed by atoms with E-state index in [0.717, 1.165) is 11.8 Å². The van der Waals surface area contributed by atoms with Gasteiger partial charge in [0, 0.05) is 6.07 Å². The summed E-state index contributed by atoms with van der Waals surface area (Å²) in [5.41, 5.74) is -1.36. The standard InChI is InChI=1S/C11H10F3N3O2S/c1-5-6(2)19-9(15-5)4-20-10-16-7(11(12,13)14)3-8(18)17-10/h3H,4H2,1-2H3,(H,16,17,18). The zero-order valence-corrected chi connectivity index (χ0v) is 11.4. The molecular formula is C11H10F3N3O2S. The maximum absolute atomic E-state index is 12.5. The number of aromatic amines is 1. The Hall–Kier alpha value is -1.77. The van der Waals surface area contributed by atoms with E-state index in [4.69, 9.17) is 4.42 Å². The van der Waals surface area contributed by atoms with Crippen LogP contribution >= 0.6 is 11.8 Å². The Morgan fingerprint density at radius 3 is 2.60 bits per heavy atom. The van der Waals surface area contributed by atoms with Crippen molar-refractivity contribution >= 4 is 11.8 Å². The summed E-state index contributed by atoms with van der Waals surface area (Å²) in [5.74, 6) is 1.19. The Bertz CT molecular complexity index is 659. The smallest absolute Gasteiger partial charge is 0.433 e. The summed E-state index contributed by atoms with van der Waals surface area (Å²) < 4.78 is 42.8. The number of H-pyrrole nitrogens is 1. The molecule has 2 heterocycles. The lowest BCUT2D eigenvalue weighted by molar-refractivity contribution is -0.141. The molecule has 0 unspecified atom stereocenters. The molecule has 0 spiro atoms. The molecule has 0 fully saturated rings.